The van der Waals surface area contributed by atoms with Gasteiger partial charge in [0.05, 0.1) is 46.9 Å². The molecule has 4 atom stereocenters. The van der Waals surface area contributed by atoms with E-state index in [-0.39, 0.29) is 49.2 Å². The summed E-state index contributed by atoms with van der Waals surface area (Å²) in [6, 6.07) is 26.1. The highest BCUT2D eigenvalue weighted by Crippen LogP contribution is 2.45. The molecule has 3 aromatic carbocycles. The number of benzene rings is 3. The Hall–Kier alpha value is -5.42. The van der Waals surface area contributed by atoms with E-state index in [1.54, 1.807) is 18.8 Å². The number of rotatable bonds is 21. The fourth-order valence-corrected chi connectivity index (χ4v) is 9.38. The largest absolute Gasteiger partial charge is 0.497 e. The number of hydrogen-bond acceptors (Lipinski definition) is 13. The molecule has 19 heteroatoms. The fraction of sp³-hybridized carbons (Fsp3) is 0.479. The summed E-state index contributed by atoms with van der Waals surface area (Å²) >= 11 is 0. The van der Waals surface area contributed by atoms with E-state index < -0.39 is 64.1 Å². The van der Waals surface area contributed by atoms with Crippen molar-refractivity contribution in [3.8, 4) is 11.5 Å². The Balaban J connectivity index is 1.21. The molecule has 0 bridgehead atoms. The maximum atomic E-state index is 13.8. The minimum Gasteiger partial charge on any atom is -0.497 e. The van der Waals surface area contributed by atoms with E-state index in [0.29, 0.717) is 18.1 Å². The average molecular weight is 959 g/mol. The molecule has 2 aromatic heterocycles. The summed E-state index contributed by atoms with van der Waals surface area (Å²) < 4.78 is 45.7. The van der Waals surface area contributed by atoms with Crippen molar-refractivity contribution in [2.45, 2.75) is 101 Å². The average Bonchev–Trinajstić information content (AvgIpc) is 3.86. The van der Waals surface area contributed by atoms with Crippen molar-refractivity contribution < 1.29 is 47.5 Å². The first kappa shape index (κ1) is 51.0. The maximum absolute atomic E-state index is 13.8. The zero-order valence-corrected chi connectivity index (χ0v) is 42.2. The predicted molar refractivity (Wildman–Crippen MR) is 259 cm³/mol. The molecular formula is C48H66N6O11Si2. The molecule has 0 radical (unpaired) electrons. The number of fused-ring (bicyclic) bond motifs is 1. The van der Waals surface area contributed by atoms with Crippen molar-refractivity contribution in [3.63, 3.8) is 0 Å². The molecule has 1 fully saturated rings. The molecule has 0 aliphatic carbocycles. The van der Waals surface area contributed by atoms with Crippen LogP contribution in [0.25, 0.3) is 11.2 Å². The molecule has 17 nitrogen and oxygen atoms in total. The zero-order chi connectivity index (χ0) is 48.6. The van der Waals surface area contributed by atoms with E-state index in [9.17, 15) is 19.5 Å². The van der Waals surface area contributed by atoms with Gasteiger partial charge in [0.15, 0.2) is 25.7 Å². The van der Waals surface area contributed by atoms with Crippen molar-refractivity contribution in [1.29, 1.82) is 0 Å². The first-order valence-corrected chi connectivity index (χ1v) is 29.1. The van der Waals surface area contributed by atoms with Crippen LogP contribution in [0.4, 0.5) is 4.79 Å². The summed E-state index contributed by atoms with van der Waals surface area (Å²) in [6.07, 6.45) is -1.67. The van der Waals surface area contributed by atoms with Crippen molar-refractivity contribution in [3.05, 3.63) is 119 Å². The highest BCUT2D eigenvalue weighted by molar-refractivity contribution is 6.76. The highest BCUT2D eigenvalue weighted by atomic mass is 28.4. The predicted octanol–water partition coefficient (Wildman–Crippen LogP) is 6.42. The second-order valence-electron chi connectivity index (χ2n) is 19.2. The zero-order valence-electron chi connectivity index (χ0n) is 40.2. The van der Waals surface area contributed by atoms with E-state index in [4.69, 9.17) is 32.8 Å². The number of carbonyl (C=O) groups is 2. The summed E-state index contributed by atoms with van der Waals surface area (Å²) in [5.74, 6) is 0.912. The molecule has 2 amide bonds. The standard InChI is InChI=1S/C48H66N6O11Si2/c1-47(2,3)67(9,10)65-42-41(56)38(29-63-48(33-14-12-11-13-15-33,34-16-20-36(59-4)21-17-34)35-18-22-37(60-5)23-19-35)64-45(42)54-31-50-40-43(54)51-30-53(44(40)57)24-25-61-32-52-39(55)28-49-46(58)62-26-27-66(6,7)8/h11-23,30-31,38,41-42,45,56H,24-29,32H2,1-10H3,(H,49,58)(H,52,55)/t38-,41-,42-,45-/m1/s1. The number of carbonyl (C=O) groups excluding carboxylic acids is 2. The molecule has 67 heavy (non-hydrogen) atoms. The lowest BCUT2D eigenvalue weighted by Crippen LogP contribution is -2.49. The van der Waals surface area contributed by atoms with Crippen molar-refractivity contribution in [2.24, 2.45) is 0 Å². The molecule has 0 saturated carbocycles. The first-order chi connectivity index (χ1) is 31.8. The lowest BCUT2D eigenvalue weighted by atomic mass is 9.80. The van der Waals surface area contributed by atoms with Crippen LogP contribution >= 0.6 is 0 Å². The minimum atomic E-state index is -2.56. The van der Waals surface area contributed by atoms with Crippen LogP contribution in [0, 0.1) is 0 Å². The van der Waals surface area contributed by atoms with E-state index in [0.717, 1.165) is 22.7 Å². The number of aliphatic hydroxyl groups excluding tert-OH is 1. The third-order valence-corrected chi connectivity index (χ3v) is 18.5. The lowest BCUT2D eigenvalue weighted by molar-refractivity contribution is -0.121. The van der Waals surface area contributed by atoms with Crippen molar-refractivity contribution >= 4 is 39.6 Å². The van der Waals surface area contributed by atoms with E-state index >= 15 is 0 Å². The Morgan fingerprint density at radius 1 is 0.821 bits per heavy atom. The number of imidazole rings is 1. The van der Waals surface area contributed by atoms with Crippen LogP contribution in [0.15, 0.2) is 96.3 Å². The van der Waals surface area contributed by atoms with Crippen LogP contribution < -0.4 is 25.7 Å². The summed E-state index contributed by atoms with van der Waals surface area (Å²) in [5.41, 5.74) is 1.22. The van der Waals surface area contributed by atoms with Gasteiger partial charge in [-0.05, 0) is 65.1 Å². The molecule has 3 heterocycles. The third-order valence-electron chi connectivity index (χ3n) is 12.3. The normalized spacial score (nSPS) is 17.9. The number of nitrogens with zero attached hydrogens (tertiary/aromatic N) is 4. The van der Waals surface area contributed by atoms with Gasteiger partial charge < -0.3 is 48.6 Å². The Labute approximate surface area is 394 Å². The van der Waals surface area contributed by atoms with Gasteiger partial charge >= 0.3 is 6.09 Å². The highest BCUT2D eigenvalue weighted by Gasteiger charge is 2.52. The number of nitrogens with one attached hydrogen (secondary N) is 2. The smallest absolute Gasteiger partial charge is 0.407 e. The summed E-state index contributed by atoms with van der Waals surface area (Å²) in [4.78, 5) is 47.1. The molecule has 1 aliphatic heterocycles. The van der Waals surface area contributed by atoms with Crippen LogP contribution in [0.3, 0.4) is 0 Å². The fourth-order valence-electron chi connectivity index (χ4n) is 7.38. The number of amides is 2. The van der Waals surface area contributed by atoms with Gasteiger partial charge in [0.1, 0.15) is 55.0 Å². The molecule has 1 aliphatic rings. The number of aromatic nitrogens is 4. The lowest BCUT2D eigenvalue weighted by Gasteiger charge is -2.40. The molecular weight excluding hydrogens is 893 g/mol. The van der Waals surface area contributed by atoms with E-state index in [1.165, 1.54) is 17.2 Å². The third kappa shape index (κ3) is 12.2. The van der Waals surface area contributed by atoms with Crippen LogP contribution in [-0.2, 0) is 40.3 Å². The number of alkyl carbamates (subject to hydrolysis) is 1. The van der Waals surface area contributed by atoms with Gasteiger partial charge in [-0.1, -0.05) is 95.0 Å². The molecule has 6 rings (SSSR count). The second-order valence-corrected chi connectivity index (χ2v) is 29.6. The monoisotopic (exact) mass is 958 g/mol. The molecule has 5 aromatic rings. The van der Waals surface area contributed by atoms with E-state index in [1.807, 2.05) is 78.9 Å². The van der Waals surface area contributed by atoms with Crippen LogP contribution in [0.5, 0.6) is 11.5 Å². The van der Waals surface area contributed by atoms with Crippen molar-refractivity contribution in [2.75, 3.05) is 47.3 Å². The number of ether oxygens (including phenoxy) is 6. The van der Waals surface area contributed by atoms with Crippen LogP contribution in [0.1, 0.15) is 43.7 Å². The molecule has 362 valence electrons. The summed E-state index contributed by atoms with van der Waals surface area (Å²) in [7, 11) is -0.674. The summed E-state index contributed by atoms with van der Waals surface area (Å²) in [6.45, 7) is 17.1. The quantitative estimate of drug-likeness (QED) is 0.0316. The van der Waals surface area contributed by atoms with Gasteiger partial charge in [-0.25, -0.2) is 14.8 Å². The maximum Gasteiger partial charge on any atom is 0.407 e. The molecule has 0 unspecified atom stereocenters. The van der Waals surface area contributed by atoms with Gasteiger partial charge in [-0.15, -0.1) is 0 Å². The van der Waals surface area contributed by atoms with Gasteiger partial charge in [-0.3, -0.25) is 18.7 Å². The second kappa shape index (κ2) is 21.7. The number of aliphatic hydroxyl groups is 1. The molecule has 3 N–H and O–H groups in total. The first-order valence-electron chi connectivity index (χ1n) is 22.4. The van der Waals surface area contributed by atoms with Crippen LogP contribution in [0.2, 0.25) is 43.8 Å². The summed E-state index contributed by atoms with van der Waals surface area (Å²) in [5, 5.41) is 17.1. The van der Waals surface area contributed by atoms with Gasteiger partial charge in [0, 0.05) is 8.07 Å². The Morgan fingerprint density at radius 3 is 2.01 bits per heavy atom. The van der Waals surface area contributed by atoms with Gasteiger partial charge in [-0.2, -0.15) is 0 Å². The van der Waals surface area contributed by atoms with Crippen LogP contribution in [-0.4, -0.2) is 118 Å². The van der Waals surface area contributed by atoms with Gasteiger partial charge in [0.25, 0.3) is 5.56 Å². The molecule has 0 spiro atoms. The van der Waals surface area contributed by atoms with Gasteiger partial charge in [0.2, 0.25) is 5.91 Å². The minimum absolute atomic E-state index is 0.0693. The van der Waals surface area contributed by atoms with E-state index in [2.05, 4.69) is 74.1 Å². The Morgan fingerprint density at radius 2 is 1.43 bits per heavy atom. The number of hydrogen-bond donors (Lipinski definition) is 3. The SMILES string of the molecule is COc1ccc(C(OC[C@H]2O[C@@H](n3cnc4c(=O)n(CCOCNC(=O)CNC(=O)OCC[Si](C)(C)C)cnc43)[C@H](O[Si](C)(C)C(C)(C)C)[C@@H]2O)(c2ccccc2)c2ccc(OC)cc2)cc1. The molecule has 1 saturated heterocycles. The number of methoxy groups -OCH3 is 2. The Bertz CT molecular complexity index is 2420. The topological polar surface area (TPSA) is 196 Å². The van der Waals surface area contributed by atoms with Crippen molar-refractivity contribution in [1.82, 2.24) is 29.7 Å². The Kier molecular flexibility index (Phi) is 16.5.